The number of thioether (sulfide) groups is 1. The number of aromatic nitrogens is 1. The smallest absolute Gasteiger partial charge is 0.250 e. The highest BCUT2D eigenvalue weighted by Gasteiger charge is 2.07. The first-order valence-electron chi connectivity index (χ1n) is 7.52. The van der Waals surface area contributed by atoms with E-state index in [9.17, 15) is 9.18 Å². The van der Waals surface area contributed by atoms with Crippen molar-refractivity contribution in [3.8, 4) is 11.3 Å². The molecule has 0 fully saturated rings. The second-order valence-corrected chi connectivity index (χ2v) is 7.66. The molecule has 0 radical (unpaired) electrons. The van der Waals surface area contributed by atoms with E-state index < -0.39 is 0 Å². The van der Waals surface area contributed by atoms with Gasteiger partial charge in [-0.15, -0.1) is 11.3 Å². The first kappa shape index (κ1) is 18.6. The second kappa shape index (κ2) is 8.93. The van der Waals surface area contributed by atoms with Crippen molar-refractivity contribution in [2.45, 2.75) is 4.34 Å². The van der Waals surface area contributed by atoms with Crippen LogP contribution >= 0.6 is 34.7 Å². The van der Waals surface area contributed by atoms with Crippen molar-refractivity contribution < 1.29 is 9.18 Å². The number of halogens is 2. The fourth-order valence-corrected chi connectivity index (χ4v) is 3.72. The predicted molar refractivity (Wildman–Crippen MR) is 105 cm³/mol. The molecule has 1 N–H and O–H groups in total. The minimum atomic E-state index is -0.316. The maximum absolute atomic E-state index is 12.8. The van der Waals surface area contributed by atoms with E-state index in [-0.39, 0.29) is 17.5 Å². The average Bonchev–Trinajstić information content (AvgIpc) is 3.11. The van der Waals surface area contributed by atoms with Gasteiger partial charge in [0.15, 0.2) is 4.34 Å². The van der Waals surface area contributed by atoms with Crippen molar-refractivity contribution in [3.05, 3.63) is 70.3 Å². The zero-order valence-corrected chi connectivity index (χ0v) is 15.7. The molecular formula is C18H13ClFN3OS2. The van der Waals surface area contributed by atoms with E-state index in [2.05, 4.69) is 15.5 Å². The van der Waals surface area contributed by atoms with E-state index >= 15 is 0 Å². The van der Waals surface area contributed by atoms with E-state index in [4.69, 9.17) is 11.6 Å². The molecule has 1 aromatic heterocycles. The highest BCUT2D eigenvalue weighted by Crippen LogP contribution is 2.28. The van der Waals surface area contributed by atoms with E-state index in [0.717, 1.165) is 15.6 Å². The van der Waals surface area contributed by atoms with Gasteiger partial charge in [0, 0.05) is 16.0 Å². The maximum atomic E-state index is 12.8. The Morgan fingerprint density at radius 2 is 1.96 bits per heavy atom. The Balaban J connectivity index is 1.48. The summed E-state index contributed by atoms with van der Waals surface area (Å²) in [4.78, 5) is 16.3. The number of carbonyl (C=O) groups excluding carboxylic acids is 1. The summed E-state index contributed by atoms with van der Waals surface area (Å²) in [7, 11) is 0. The van der Waals surface area contributed by atoms with E-state index in [1.165, 1.54) is 41.4 Å². The summed E-state index contributed by atoms with van der Waals surface area (Å²) < 4.78 is 13.6. The quantitative estimate of drug-likeness (QED) is 0.362. The molecule has 0 atom stereocenters. The van der Waals surface area contributed by atoms with Gasteiger partial charge in [-0.1, -0.05) is 47.6 Å². The number of nitrogens with one attached hydrogen (secondary N) is 1. The largest absolute Gasteiger partial charge is 0.272 e. The molecule has 0 bridgehead atoms. The molecule has 4 nitrogen and oxygen atoms in total. The standard InChI is InChI=1S/C18H13ClFN3OS2/c19-14-5-3-13(4-6-14)16-10-25-18(22-16)26-11-17(24)23-21-9-12-1-7-15(20)8-2-12/h1-10H,11H2,(H,23,24)/b21-9-. The minimum Gasteiger partial charge on any atom is -0.272 e. The van der Waals surface area contributed by atoms with Crippen LogP contribution in [0.15, 0.2) is 63.4 Å². The predicted octanol–water partition coefficient (Wildman–Crippen LogP) is 4.85. The van der Waals surface area contributed by atoms with Gasteiger partial charge in [-0.2, -0.15) is 5.10 Å². The zero-order chi connectivity index (χ0) is 18.4. The molecule has 0 unspecified atom stereocenters. The van der Waals surface area contributed by atoms with Crippen LogP contribution in [0.2, 0.25) is 5.02 Å². The summed E-state index contributed by atoms with van der Waals surface area (Å²) in [5, 5.41) is 6.47. The van der Waals surface area contributed by atoms with Crippen molar-refractivity contribution in [1.82, 2.24) is 10.4 Å². The van der Waals surface area contributed by atoms with Crippen LogP contribution in [0.25, 0.3) is 11.3 Å². The summed E-state index contributed by atoms with van der Waals surface area (Å²) >= 11 is 8.70. The van der Waals surface area contributed by atoms with Crippen LogP contribution in [0, 0.1) is 5.82 Å². The van der Waals surface area contributed by atoms with E-state index in [0.29, 0.717) is 10.6 Å². The Bertz CT molecular complexity index is 911. The summed E-state index contributed by atoms with van der Waals surface area (Å²) in [6.07, 6.45) is 1.46. The molecule has 0 saturated carbocycles. The van der Waals surface area contributed by atoms with Crippen molar-refractivity contribution >= 4 is 46.8 Å². The number of benzene rings is 2. The van der Waals surface area contributed by atoms with Gasteiger partial charge < -0.3 is 0 Å². The van der Waals surface area contributed by atoms with Crippen LogP contribution in [-0.4, -0.2) is 22.9 Å². The van der Waals surface area contributed by atoms with Gasteiger partial charge in [0.25, 0.3) is 5.91 Å². The van der Waals surface area contributed by atoms with Crippen LogP contribution in [0.5, 0.6) is 0 Å². The number of rotatable bonds is 6. The summed E-state index contributed by atoms with van der Waals surface area (Å²) in [5.41, 5.74) is 4.97. The third-order valence-electron chi connectivity index (χ3n) is 3.22. The first-order chi connectivity index (χ1) is 12.6. The van der Waals surface area contributed by atoms with Crippen LogP contribution in [0.3, 0.4) is 0 Å². The molecule has 0 spiro atoms. The molecule has 1 amide bonds. The third kappa shape index (κ3) is 5.39. The normalized spacial score (nSPS) is 11.0. The Kier molecular flexibility index (Phi) is 6.38. The fourth-order valence-electron chi connectivity index (χ4n) is 1.96. The summed E-state index contributed by atoms with van der Waals surface area (Å²) in [6.45, 7) is 0. The number of thiazole rings is 1. The number of hydrazone groups is 1. The lowest BCUT2D eigenvalue weighted by Gasteiger charge is -1.98. The number of hydrogen-bond donors (Lipinski definition) is 1. The molecule has 2 aromatic carbocycles. The molecule has 1 heterocycles. The SMILES string of the molecule is O=C(CSc1nc(-c2ccc(Cl)cc2)cs1)N/N=C\c1ccc(F)cc1. The summed E-state index contributed by atoms with van der Waals surface area (Å²) in [5.74, 6) is -0.352. The van der Waals surface area contributed by atoms with Gasteiger partial charge in [0.05, 0.1) is 17.7 Å². The molecule has 26 heavy (non-hydrogen) atoms. The lowest BCUT2D eigenvalue weighted by atomic mass is 10.2. The van der Waals surface area contributed by atoms with Crippen LogP contribution in [0.4, 0.5) is 4.39 Å². The molecule has 0 aliphatic carbocycles. The van der Waals surface area contributed by atoms with Gasteiger partial charge >= 0.3 is 0 Å². The molecule has 0 aliphatic heterocycles. The molecule has 3 rings (SSSR count). The molecule has 8 heteroatoms. The highest BCUT2D eigenvalue weighted by molar-refractivity contribution is 8.01. The Morgan fingerprint density at radius 1 is 1.23 bits per heavy atom. The van der Waals surface area contributed by atoms with Gasteiger partial charge in [0.1, 0.15) is 5.82 Å². The third-order valence-corrected chi connectivity index (χ3v) is 5.50. The molecule has 0 aliphatic rings. The summed E-state index contributed by atoms with van der Waals surface area (Å²) in [6, 6.07) is 13.3. The van der Waals surface area contributed by atoms with Crippen LogP contribution < -0.4 is 5.43 Å². The molecule has 3 aromatic rings. The average molecular weight is 406 g/mol. The lowest BCUT2D eigenvalue weighted by molar-refractivity contribution is -0.118. The molecule has 132 valence electrons. The van der Waals surface area contributed by atoms with Gasteiger partial charge in [-0.05, 0) is 29.8 Å². The fraction of sp³-hybridized carbons (Fsp3) is 0.0556. The van der Waals surface area contributed by atoms with Gasteiger partial charge in [-0.3, -0.25) is 4.79 Å². The second-order valence-electron chi connectivity index (χ2n) is 5.14. The van der Waals surface area contributed by atoms with Crippen molar-refractivity contribution in [2.24, 2.45) is 5.10 Å². The molecule has 0 saturated heterocycles. The Labute approximate surface area is 163 Å². The van der Waals surface area contributed by atoms with Crippen molar-refractivity contribution in [1.29, 1.82) is 0 Å². The zero-order valence-electron chi connectivity index (χ0n) is 13.4. The minimum absolute atomic E-state index is 0.203. The topological polar surface area (TPSA) is 54.4 Å². The first-order valence-corrected chi connectivity index (χ1v) is 9.76. The lowest BCUT2D eigenvalue weighted by Crippen LogP contribution is -2.19. The number of amides is 1. The van der Waals surface area contributed by atoms with Gasteiger partial charge in [-0.25, -0.2) is 14.8 Å². The van der Waals surface area contributed by atoms with E-state index in [1.54, 1.807) is 12.1 Å². The van der Waals surface area contributed by atoms with Gasteiger partial charge in [0.2, 0.25) is 0 Å². The van der Waals surface area contributed by atoms with Crippen LogP contribution in [-0.2, 0) is 4.79 Å². The number of hydrogen-bond acceptors (Lipinski definition) is 5. The van der Waals surface area contributed by atoms with Crippen molar-refractivity contribution in [2.75, 3.05) is 5.75 Å². The molecular weight excluding hydrogens is 393 g/mol. The number of carbonyl (C=O) groups is 1. The number of nitrogens with zero attached hydrogens (tertiary/aromatic N) is 2. The van der Waals surface area contributed by atoms with Crippen molar-refractivity contribution in [3.63, 3.8) is 0 Å². The van der Waals surface area contributed by atoms with E-state index in [1.807, 2.05) is 29.6 Å². The highest BCUT2D eigenvalue weighted by atomic mass is 35.5. The van der Waals surface area contributed by atoms with Crippen LogP contribution in [0.1, 0.15) is 5.56 Å². The Hall–Kier alpha value is -2.22. The Morgan fingerprint density at radius 3 is 2.69 bits per heavy atom. The maximum Gasteiger partial charge on any atom is 0.250 e. The monoisotopic (exact) mass is 405 g/mol.